The van der Waals surface area contributed by atoms with Gasteiger partial charge in [0.05, 0.1) is 18.4 Å². The average Bonchev–Trinajstić information content (AvgIpc) is 3.31. The maximum Gasteiger partial charge on any atom is 0.291 e. The van der Waals surface area contributed by atoms with Crippen LogP contribution in [0, 0.1) is 0 Å². The van der Waals surface area contributed by atoms with Crippen molar-refractivity contribution < 1.29 is 19.1 Å². The Hall–Kier alpha value is -3.32. The summed E-state index contributed by atoms with van der Waals surface area (Å²) >= 11 is 6.32. The molecule has 35 heavy (non-hydrogen) atoms. The van der Waals surface area contributed by atoms with Crippen LogP contribution < -0.4 is 10.1 Å². The first-order valence-electron chi connectivity index (χ1n) is 11.6. The second-order valence-electron chi connectivity index (χ2n) is 8.92. The van der Waals surface area contributed by atoms with Crippen molar-refractivity contribution in [3.63, 3.8) is 0 Å². The maximum absolute atomic E-state index is 12.8. The first kappa shape index (κ1) is 23.4. The number of aliphatic hydroxyl groups is 1. The number of rotatable bonds is 6. The van der Waals surface area contributed by atoms with Crippen LogP contribution in [-0.2, 0) is 12.1 Å². The molecule has 1 fully saturated rings. The molecule has 7 heteroatoms. The third-order valence-corrected chi connectivity index (χ3v) is 7.04. The van der Waals surface area contributed by atoms with Crippen LogP contribution in [0.25, 0.3) is 11.0 Å². The first-order valence-corrected chi connectivity index (χ1v) is 12.0. The van der Waals surface area contributed by atoms with Gasteiger partial charge >= 0.3 is 0 Å². The van der Waals surface area contributed by atoms with E-state index in [1.165, 1.54) is 0 Å². The number of para-hydroxylation sites is 2. The van der Waals surface area contributed by atoms with Crippen LogP contribution in [0.4, 0.5) is 5.69 Å². The number of piperidine rings is 1. The topological polar surface area (TPSA) is 74.9 Å². The number of nitrogens with zero attached hydrogens (tertiary/aromatic N) is 1. The predicted octanol–water partition coefficient (Wildman–Crippen LogP) is 5.83. The molecule has 1 saturated heterocycles. The Kier molecular flexibility index (Phi) is 6.52. The van der Waals surface area contributed by atoms with Gasteiger partial charge in [0.15, 0.2) is 5.76 Å². The van der Waals surface area contributed by atoms with Gasteiger partial charge in [-0.3, -0.25) is 9.69 Å². The normalized spacial score (nSPS) is 15.7. The van der Waals surface area contributed by atoms with Gasteiger partial charge in [-0.2, -0.15) is 0 Å². The molecule has 3 aromatic carbocycles. The van der Waals surface area contributed by atoms with Crippen LogP contribution in [-0.4, -0.2) is 36.1 Å². The smallest absolute Gasteiger partial charge is 0.291 e. The van der Waals surface area contributed by atoms with Gasteiger partial charge in [0.1, 0.15) is 11.3 Å². The molecule has 2 N–H and O–H groups in total. The summed E-state index contributed by atoms with van der Waals surface area (Å²) < 4.78 is 11.1. The Bertz CT molecular complexity index is 1360. The molecule has 0 radical (unpaired) electrons. The third kappa shape index (κ3) is 4.91. The SMILES string of the molecule is COc1ccccc1NC(=O)c1cc2cc(C3(O)CCN(Cc4ccccc4Cl)CC3)ccc2o1. The zero-order chi connectivity index (χ0) is 24.4. The number of hydrogen-bond acceptors (Lipinski definition) is 5. The van der Waals surface area contributed by atoms with Crippen molar-refractivity contribution in [1.82, 2.24) is 4.90 Å². The van der Waals surface area contributed by atoms with Crippen molar-refractivity contribution in [1.29, 1.82) is 0 Å². The lowest BCUT2D eigenvalue weighted by atomic mass is 9.84. The molecule has 1 amide bonds. The summed E-state index contributed by atoms with van der Waals surface area (Å²) in [6, 6.07) is 22.4. The van der Waals surface area contributed by atoms with E-state index in [1.807, 2.05) is 54.6 Å². The van der Waals surface area contributed by atoms with Gasteiger partial charge in [-0.15, -0.1) is 0 Å². The number of hydrogen-bond donors (Lipinski definition) is 2. The summed E-state index contributed by atoms with van der Waals surface area (Å²) in [5.41, 5.74) is 2.17. The Morgan fingerprint density at radius 2 is 1.83 bits per heavy atom. The molecule has 0 bridgehead atoms. The molecular weight excluding hydrogens is 464 g/mol. The van der Waals surface area contributed by atoms with Crippen molar-refractivity contribution in [2.45, 2.75) is 25.0 Å². The number of anilines is 1. The molecular formula is C28H27ClN2O4. The lowest BCUT2D eigenvalue weighted by molar-refractivity contribution is -0.0276. The molecule has 1 aromatic heterocycles. The van der Waals surface area contributed by atoms with Gasteiger partial charge in [0, 0.05) is 30.0 Å². The number of furan rings is 1. The zero-order valence-electron chi connectivity index (χ0n) is 19.5. The number of carbonyl (C=O) groups is 1. The van der Waals surface area contributed by atoms with E-state index in [9.17, 15) is 9.90 Å². The van der Waals surface area contributed by atoms with Gasteiger partial charge < -0.3 is 19.6 Å². The standard InChI is InChI=1S/C28H27ClN2O4/c1-34-25-9-5-4-8-23(25)30-27(32)26-17-20-16-21(10-11-24(20)35-26)28(33)12-14-31(15-13-28)18-19-6-2-3-7-22(19)29/h2-11,16-17,33H,12-15,18H2,1H3,(H,30,32). The fourth-order valence-corrected chi connectivity index (χ4v) is 4.81. The molecule has 180 valence electrons. The first-order chi connectivity index (χ1) is 16.9. The second kappa shape index (κ2) is 9.74. The highest BCUT2D eigenvalue weighted by Crippen LogP contribution is 2.36. The highest BCUT2D eigenvalue weighted by Gasteiger charge is 2.34. The van der Waals surface area contributed by atoms with Crippen molar-refractivity contribution in [3.05, 3.63) is 94.7 Å². The minimum Gasteiger partial charge on any atom is -0.495 e. The Morgan fingerprint density at radius 1 is 1.09 bits per heavy atom. The second-order valence-corrected chi connectivity index (χ2v) is 9.32. The van der Waals surface area contributed by atoms with E-state index in [0.717, 1.165) is 41.2 Å². The van der Waals surface area contributed by atoms with Crippen LogP contribution in [0.15, 0.2) is 77.2 Å². The summed E-state index contributed by atoms with van der Waals surface area (Å²) in [5, 5.41) is 15.8. The molecule has 2 heterocycles. The highest BCUT2D eigenvalue weighted by atomic mass is 35.5. The van der Waals surface area contributed by atoms with Crippen LogP contribution in [0.5, 0.6) is 5.75 Å². The molecule has 4 aromatic rings. The number of amides is 1. The Labute approximate surface area is 209 Å². The number of halogens is 1. The van der Waals surface area contributed by atoms with Gasteiger partial charge in [0.25, 0.3) is 5.91 Å². The maximum atomic E-state index is 12.8. The monoisotopic (exact) mass is 490 g/mol. The molecule has 1 aliphatic heterocycles. The van der Waals surface area contributed by atoms with E-state index in [0.29, 0.717) is 29.9 Å². The van der Waals surface area contributed by atoms with Crippen molar-refractivity contribution in [2.24, 2.45) is 0 Å². The Morgan fingerprint density at radius 3 is 2.60 bits per heavy atom. The lowest BCUT2D eigenvalue weighted by Crippen LogP contribution is -2.42. The largest absolute Gasteiger partial charge is 0.495 e. The van der Waals surface area contributed by atoms with E-state index < -0.39 is 5.60 Å². The predicted molar refractivity (Wildman–Crippen MR) is 137 cm³/mol. The van der Waals surface area contributed by atoms with Crippen LogP contribution in [0.1, 0.15) is 34.5 Å². The van der Waals surface area contributed by atoms with E-state index >= 15 is 0 Å². The number of nitrogens with one attached hydrogen (secondary N) is 1. The highest BCUT2D eigenvalue weighted by molar-refractivity contribution is 6.31. The fourth-order valence-electron chi connectivity index (χ4n) is 4.61. The number of methoxy groups -OCH3 is 1. The summed E-state index contributed by atoms with van der Waals surface area (Å²) in [6.07, 6.45) is 1.23. The molecule has 1 aliphatic rings. The minimum atomic E-state index is -0.928. The summed E-state index contributed by atoms with van der Waals surface area (Å²) in [5.74, 6) is 0.408. The molecule has 0 spiro atoms. The number of ether oxygens (including phenoxy) is 1. The third-order valence-electron chi connectivity index (χ3n) is 6.67. The van der Waals surface area contributed by atoms with E-state index in [-0.39, 0.29) is 11.7 Å². The van der Waals surface area contributed by atoms with Gasteiger partial charge in [-0.05, 0) is 60.4 Å². The van der Waals surface area contributed by atoms with Gasteiger partial charge in [-0.1, -0.05) is 48.0 Å². The quantitative estimate of drug-likeness (QED) is 0.355. The summed E-state index contributed by atoms with van der Waals surface area (Å²) in [7, 11) is 1.56. The van der Waals surface area contributed by atoms with E-state index in [4.69, 9.17) is 20.8 Å². The van der Waals surface area contributed by atoms with Crippen molar-refractivity contribution in [3.8, 4) is 5.75 Å². The van der Waals surface area contributed by atoms with Gasteiger partial charge in [-0.25, -0.2) is 0 Å². The molecule has 5 rings (SSSR count). The van der Waals surface area contributed by atoms with Crippen LogP contribution >= 0.6 is 11.6 Å². The van der Waals surface area contributed by atoms with Crippen molar-refractivity contribution in [2.75, 3.05) is 25.5 Å². The van der Waals surface area contributed by atoms with Crippen molar-refractivity contribution >= 4 is 34.2 Å². The molecule has 0 aliphatic carbocycles. The zero-order valence-corrected chi connectivity index (χ0v) is 20.2. The number of fused-ring (bicyclic) bond motifs is 1. The number of carbonyl (C=O) groups excluding carboxylic acids is 1. The van der Waals surface area contributed by atoms with E-state index in [2.05, 4.69) is 10.2 Å². The average molecular weight is 491 g/mol. The fraction of sp³-hybridized carbons (Fsp3) is 0.250. The summed E-state index contributed by atoms with van der Waals surface area (Å²) in [6.45, 7) is 2.29. The minimum absolute atomic E-state index is 0.199. The van der Waals surface area contributed by atoms with Gasteiger partial charge in [0.2, 0.25) is 0 Å². The molecule has 0 saturated carbocycles. The summed E-state index contributed by atoms with van der Waals surface area (Å²) in [4.78, 5) is 15.1. The van der Waals surface area contributed by atoms with Crippen LogP contribution in [0.2, 0.25) is 5.02 Å². The molecule has 0 atom stereocenters. The number of benzene rings is 3. The number of likely N-dealkylation sites (tertiary alicyclic amines) is 1. The Balaban J connectivity index is 1.29. The lowest BCUT2D eigenvalue weighted by Gasteiger charge is -2.38. The van der Waals surface area contributed by atoms with Crippen LogP contribution in [0.3, 0.4) is 0 Å². The van der Waals surface area contributed by atoms with E-state index in [1.54, 1.807) is 25.3 Å². The molecule has 0 unspecified atom stereocenters. The molecule has 6 nitrogen and oxygen atoms in total.